The fourth-order valence-electron chi connectivity index (χ4n) is 3.93. The molecule has 1 nitrogen and oxygen atoms in total. The highest BCUT2D eigenvalue weighted by Crippen LogP contribution is 2.33. The maximum absolute atomic E-state index is 6.01. The van der Waals surface area contributed by atoms with Crippen LogP contribution in [0.2, 0.25) is 0 Å². The predicted octanol–water partition coefficient (Wildman–Crippen LogP) is 3.48. The highest BCUT2D eigenvalue weighted by molar-refractivity contribution is 5.35. The molecule has 3 rings (SSSR count). The van der Waals surface area contributed by atoms with E-state index in [4.69, 9.17) is 5.73 Å². The molecule has 0 bridgehead atoms. The summed E-state index contributed by atoms with van der Waals surface area (Å²) in [6, 6.07) is 7.17. The van der Waals surface area contributed by atoms with Crippen LogP contribution in [0.25, 0.3) is 0 Å². The van der Waals surface area contributed by atoms with Gasteiger partial charge in [-0.15, -0.1) is 0 Å². The second kappa shape index (κ2) is 5.44. The molecule has 1 unspecified atom stereocenters. The lowest BCUT2D eigenvalue weighted by Crippen LogP contribution is -2.24. The first-order valence-corrected chi connectivity index (χ1v) is 7.67. The Kier molecular flexibility index (Phi) is 3.69. The molecule has 2 aliphatic rings. The summed E-state index contributed by atoms with van der Waals surface area (Å²) in [5, 5.41) is 0. The molecule has 0 amide bonds. The summed E-state index contributed by atoms with van der Waals surface area (Å²) < 4.78 is 0. The Balaban J connectivity index is 1.70. The van der Waals surface area contributed by atoms with Crippen molar-refractivity contribution in [1.29, 1.82) is 0 Å². The van der Waals surface area contributed by atoms with Gasteiger partial charge in [-0.25, -0.2) is 0 Å². The minimum Gasteiger partial charge on any atom is -0.330 e. The van der Waals surface area contributed by atoms with E-state index in [-0.39, 0.29) is 0 Å². The average molecular weight is 243 g/mol. The molecule has 0 aliphatic heterocycles. The van der Waals surface area contributed by atoms with Crippen LogP contribution < -0.4 is 5.73 Å². The maximum Gasteiger partial charge on any atom is -0.00430 e. The summed E-state index contributed by atoms with van der Waals surface area (Å²) >= 11 is 0. The Morgan fingerprint density at radius 2 is 1.83 bits per heavy atom. The third kappa shape index (κ3) is 2.47. The standard InChI is InChI=1S/C17H25N/c18-12-17(14-4-1-2-5-14)11-13-8-9-15-6-3-7-16(15)10-13/h8-10,14,17H,1-7,11-12,18H2. The zero-order chi connectivity index (χ0) is 12.4. The number of hydrogen-bond acceptors (Lipinski definition) is 1. The van der Waals surface area contributed by atoms with Crippen LogP contribution in [0.4, 0.5) is 0 Å². The van der Waals surface area contributed by atoms with Gasteiger partial charge in [-0.3, -0.25) is 0 Å². The number of hydrogen-bond donors (Lipinski definition) is 1. The van der Waals surface area contributed by atoms with E-state index in [0.29, 0.717) is 5.92 Å². The summed E-state index contributed by atoms with van der Waals surface area (Å²) in [5.41, 5.74) is 10.7. The van der Waals surface area contributed by atoms with E-state index in [1.807, 2.05) is 0 Å². The van der Waals surface area contributed by atoms with E-state index in [2.05, 4.69) is 18.2 Å². The van der Waals surface area contributed by atoms with Crippen molar-refractivity contribution >= 4 is 0 Å². The van der Waals surface area contributed by atoms with Crippen LogP contribution in [0.15, 0.2) is 18.2 Å². The molecule has 1 atom stereocenters. The Morgan fingerprint density at radius 1 is 1.06 bits per heavy atom. The van der Waals surface area contributed by atoms with Crippen LogP contribution in [-0.2, 0) is 19.3 Å². The van der Waals surface area contributed by atoms with Crippen LogP contribution >= 0.6 is 0 Å². The molecule has 18 heavy (non-hydrogen) atoms. The smallest absolute Gasteiger partial charge is 0.00430 e. The first kappa shape index (κ1) is 12.2. The Labute approximate surface area is 111 Å². The molecule has 0 heterocycles. The van der Waals surface area contributed by atoms with Gasteiger partial charge in [0.15, 0.2) is 0 Å². The molecule has 1 aromatic carbocycles. The number of rotatable bonds is 4. The third-order valence-electron chi connectivity index (χ3n) is 5.03. The van der Waals surface area contributed by atoms with E-state index >= 15 is 0 Å². The second-order valence-corrected chi connectivity index (χ2v) is 6.20. The molecule has 2 aliphatic carbocycles. The van der Waals surface area contributed by atoms with Gasteiger partial charge in [0, 0.05) is 0 Å². The van der Waals surface area contributed by atoms with Crippen molar-refractivity contribution in [2.75, 3.05) is 6.54 Å². The minimum absolute atomic E-state index is 0.715. The zero-order valence-corrected chi connectivity index (χ0v) is 11.3. The molecule has 2 N–H and O–H groups in total. The van der Waals surface area contributed by atoms with E-state index in [0.717, 1.165) is 12.5 Å². The molecule has 1 heteroatoms. The van der Waals surface area contributed by atoms with Crippen LogP contribution in [0.5, 0.6) is 0 Å². The molecular formula is C17H25N. The van der Waals surface area contributed by atoms with Gasteiger partial charge in [-0.2, -0.15) is 0 Å². The fraction of sp³-hybridized carbons (Fsp3) is 0.647. The summed E-state index contributed by atoms with van der Waals surface area (Å²) in [6.07, 6.45) is 10.8. The molecule has 98 valence electrons. The van der Waals surface area contributed by atoms with E-state index in [1.54, 1.807) is 11.1 Å². The van der Waals surface area contributed by atoms with E-state index < -0.39 is 0 Å². The van der Waals surface area contributed by atoms with Crippen molar-refractivity contribution in [3.8, 4) is 0 Å². The van der Waals surface area contributed by atoms with Gasteiger partial charge in [0.2, 0.25) is 0 Å². The van der Waals surface area contributed by atoms with Crippen LogP contribution in [0.3, 0.4) is 0 Å². The van der Waals surface area contributed by atoms with Gasteiger partial charge in [0.05, 0.1) is 0 Å². The molecule has 1 saturated carbocycles. The van der Waals surface area contributed by atoms with E-state index in [9.17, 15) is 0 Å². The predicted molar refractivity (Wildman–Crippen MR) is 76.7 cm³/mol. The number of benzene rings is 1. The first-order valence-electron chi connectivity index (χ1n) is 7.67. The van der Waals surface area contributed by atoms with Crippen LogP contribution in [-0.4, -0.2) is 6.54 Å². The average Bonchev–Trinajstić information content (AvgIpc) is 3.06. The Hall–Kier alpha value is -0.820. The fourth-order valence-corrected chi connectivity index (χ4v) is 3.93. The lowest BCUT2D eigenvalue weighted by atomic mass is 9.85. The van der Waals surface area contributed by atoms with Crippen molar-refractivity contribution in [3.05, 3.63) is 34.9 Å². The highest BCUT2D eigenvalue weighted by Gasteiger charge is 2.24. The number of nitrogens with two attached hydrogens (primary N) is 1. The molecule has 0 spiro atoms. The van der Waals surface area contributed by atoms with Gasteiger partial charge >= 0.3 is 0 Å². The Morgan fingerprint density at radius 3 is 2.61 bits per heavy atom. The minimum atomic E-state index is 0.715. The zero-order valence-electron chi connectivity index (χ0n) is 11.3. The van der Waals surface area contributed by atoms with Crippen molar-refractivity contribution in [2.45, 2.75) is 51.4 Å². The molecular weight excluding hydrogens is 218 g/mol. The molecule has 1 aromatic rings. The summed E-state index contributed by atoms with van der Waals surface area (Å²) in [6.45, 7) is 0.863. The van der Waals surface area contributed by atoms with Gasteiger partial charge < -0.3 is 5.73 Å². The van der Waals surface area contributed by atoms with E-state index in [1.165, 1.54) is 56.9 Å². The number of fused-ring (bicyclic) bond motifs is 1. The molecule has 1 fully saturated rings. The van der Waals surface area contributed by atoms with Gasteiger partial charge in [-0.1, -0.05) is 43.9 Å². The van der Waals surface area contributed by atoms with Crippen molar-refractivity contribution in [2.24, 2.45) is 17.6 Å². The van der Waals surface area contributed by atoms with Gasteiger partial charge in [0.1, 0.15) is 0 Å². The van der Waals surface area contributed by atoms with Gasteiger partial charge in [0.25, 0.3) is 0 Å². The van der Waals surface area contributed by atoms with Crippen LogP contribution in [0.1, 0.15) is 48.8 Å². The quantitative estimate of drug-likeness (QED) is 0.861. The normalized spacial score (nSPS) is 21.2. The largest absolute Gasteiger partial charge is 0.330 e. The van der Waals surface area contributed by atoms with Gasteiger partial charge in [-0.05, 0) is 60.8 Å². The third-order valence-corrected chi connectivity index (χ3v) is 5.03. The monoisotopic (exact) mass is 243 g/mol. The first-order chi connectivity index (χ1) is 8.86. The SMILES string of the molecule is NCC(Cc1ccc2c(c1)CCC2)C1CCCC1. The summed E-state index contributed by atoms with van der Waals surface area (Å²) in [7, 11) is 0. The van der Waals surface area contributed by atoms with Crippen molar-refractivity contribution in [3.63, 3.8) is 0 Å². The van der Waals surface area contributed by atoms with Crippen LogP contribution in [0, 0.1) is 11.8 Å². The Bertz CT molecular complexity index is 404. The number of aryl methyl sites for hydroxylation is 2. The highest BCUT2D eigenvalue weighted by atomic mass is 14.6. The lowest BCUT2D eigenvalue weighted by molar-refractivity contribution is 0.344. The summed E-state index contributed by atoms with van der Waals surface area (Å²) in [4.78, 5) is 0. The molecule has 0 radical (unpaired) electrons. The second-order valence-electron chi connectivity index (χ2n) is 6.20. The lowest BCUT2D eigenvalue weighted by Gasteiger charge is -2.22. The maximum atomic E-state index is 6.01. The van der Waals surface area contributed by atoms with Crippen molar-refractivity contribution in [1.82, 2.24) is 0 Å². The molecule has 0 aromatic heterocycles. The summed E-state index contributed by atoms with van der Waals surface area (Å²) in [5.74, 6) is 1.61. The van der Waals surface area contributed by atoms with Crippen molar-refractivity contribution < 1.29 is 0 Å². The topological polar surface area (TPSA) is 26.0 Å². The molecule has 0 saturated heterocycles.